The first kappa shape index (κ1) is 18.9. The van der Waals surface area contributed by atoms with Crippen molar-refractivity contribution in [2.45, 2.75) is 24.7 Å². The van der Waals surface area contributed by atoms with Gasteiger partial charge in [0.1, 0.15) is 0 Å². The number of amides is 1. The van der Waals surface area contributed by atoms with Gasteiger partial charge in [0.2, 0.25) is 15.9 Å². The van der Waals surface area contributed by atoms with Crippen molar-refractivity contribution in [1.82, 2.24) is 10.0 Å². The van der Waals surface area contributed by atoms with Gasteiger partial charge in [-0.05, 0) is 51.6 Å². The zero-order chi connectivity index (χ0) is 15.5. The molecule has 1 aromatic rings. The fourth-order valence-corrected chi connectivity index (χ4v) is 3.17. The molecule has 8 heteroatoms. The number of hydrogen-bond donors (Lipinski definition) is 3. The highest BCUT2D eigenvalue weighted by atomic mass is 35.5. The molecule has 0 radical (unpaired) electrons. The molecule has 0 aliphatic carbocycles. The maximum Gasteiger partial charge on any atom is 0.240 e. The number of piperidine rings is 1. The van der Waals surface area contributed by atoms with Gasteiger partial charge in [0.05, 0.1) is 10.3 Å². The van der Waals surface area contributed by atoms with Crippen LogP contribution in [0.1, 0.15) is 19.8 Å². The van der Waals surface area contributed by atoms with Gasteiger partial charge < -0.3 is 10.6 Å². The summed E-state index contributed by atoms with van der Waals surface area (Å²) in [5.41, 5.74) is 0.0268. The Morgan fingerprint density at radius 1 is 1.36 bits per heavy atom. The second-order valence-corrected chi connectivity index (χ2v) is 7.42. The molecule has 1 fully saturated rings. The average Bonchev–Trinajstić information content (AvgIpc) is 2.48. The van der Waals surface area contributed by atoms with Gasteiger partial charge in [0, 0.05) is 12.2 Å². The summed E-state index contributed by atoms with van der Waals surface area (Å²) in [6, 6.07) is 6.25. The summed E-state index contributed by atoms with van der Waals surface area (Å²) in [5, 5.41) is 6.04. The topological polar surface area (TPSA) is 87.3 Å². The molecule has 1 aromatic carbocycles. The average molecular weight is 348 g/mol. The first-order valence-corrected chi connectivity index (χ1v) is 8.41. The van der Waals surface area contributed by atoms with Crippen LogP contribution in [0, 0.1) is 5.41 Å². The standard InChI is InChI=1S/C14H21N3O3S.ClH/c1-14(7-4-8-16-10-14)13(18)17-11-5-3-6-12(9-11)21(19,20)15-2;/h3,5-6,9,15-16H,4,7-8,10H2,1-2H3,(H,17,18);1H. The molecule has 6 nitrogen and oxygen atoms in total. The predicted molar refractivity (Wildman–Crippen MR) is 88.8 cm³/mol. The largest absolute Gasteiger partial charge is 0.326 e. The van der Waals surface area contributed by atoms with Crippen LogP contribution in [0.2, 0.25) is 0 Å². The van der Waals surface area contributed by atoms with E-state index in [4.69, 9.17) is 0 Å². The van der Waals surface area contributed by atoms with E-state index in [9.17, 15) is 13.2 Å². The molecule has 1 aliphatic heterocycles. The summed E-state index contributed by atoms with van der Waals surface area (Å²) in [6.07, 6.45) is 1.78. The van der Waals surface area contributed by atoms with E-state index in [0.717, 1.165) is 19.4 Å². The minimum atomic E-state index is -3.51. The van der Waals surface area contributed by atoms with Crippen molar-refractivity contribution in [1.29, 1.82) is 0 Å². The Hall–Kier alpha value is -1.15. The highest BCUT2D eigenvalue weighted by Crippen LogP contribution is 2.27. The number of carbonyl (C=O) groups is 1. The van der Waals surface area contributed by atoms with E-state index in [1.807, 2.05) is 6.92 Å². The minimum absolute atomic E-state index is 0. The Morgan fingerprint density at radius 3 is 2.68 bits per heavy atom. The molecule has 1 amide bonds. The van der Waals surface area contributed by atoms with E-state index in [-0.39, 0.29) is 23.2 Å². The summed E-state index contributed by atoms with van der Waals surface area (Å²) in [4.78, 5) is 12.5. The van der Waals surface area contributed by atoms with Gasteiger partial charge in [0.25, 0.3) is 0 Å². The quantitative estimate of drug-likeness (QED) is 0.767. The Kier molecular flexibility index (Phi) is 6.37. The van der Waals surface area contributed by atoms with Crippen LogP contribution in [-0.4, -0.2) is 34.5 Å². The molecular formula is C14H22ClN3O3S. The van der Waals surface area contributed by atoms with Gasteiger partial charge in [-0.25, -0.2) is 13.1 Å². The van der Waals surface area contributed by atoms with Crippen molar-refractivity contribution >= 4 is 34.0 Å². The molecule has 124 valence electrons. The second-order valence-electron chi connectivity index (χ2n) is 5.53. The number of nitrogens with one attached hydrogen (secondary N) is 3. The zero-order valence-electron chi connectivity index (χ0n) is 12.7. The lowest BCUT2D eigenvalue weighted by Crippen LogP contribution is -2.46. The molecular weight excluding hydrogens is 326 g/mol. The van der Waals surface area contributed by atoms with E-state index in [2.05, 4.69) is 15.4 Å². The first-order valence-electron chi connectivity index (χ1n) is 6.93. The van der Waals surface area contributed by atoms with Crippen LogP contribution in [0.15, 0.2) is 29.2 Å². The molecule has 1 saturated heterocycles. The van der Waals surface area contributed by atoms with Crippen molar-refractivity contribution < 1.29 is 13.2 Å². The maximum absolute atomic E-state index is 12.4. The van der Waals surface area contributed by atoms with Crippen LogP contribution in [-0.2, 0) is 14.8 Å². The van der Waals surface area contributed by atoms with Gasteiger partial charge in [-0.3, -0.25) is 4.79 Å². The molecule has 0 saturated carbocycles. The van der Waals surface area contributed by atoms with E-state index in [1.165, 1.54) is 19.2 Å². The van der Waals surface area contributed by atoms with Crippen molar-refractivity contribution in [3.63, 3.8) is 0 Å². The molecule has 0 spiro atoms. The molecule has 1 unspecified atom stereocenters. The number of halogens is 1. The lowest BCUT2D eigenvalue weighted by atomic mass is 9.82. The summed E-state index contributed by atoms with van der Waals surface area (Å²) < 4.78 is 25.8. The fraction of sp³-hybridized carbons (Fsp3) is 0.500. The molecule has 0 bridgehead atoms. The molecule has 0 aromatic heterocycles. The molecule has 1 atom stereocenters. The molecule has 1 aliphatic rings. The second kappa shape index (κ2) is 7.41. The number of rotatable bonds is 4. The third-order valence-corrected chi connectivity index (χ3v) is 5.23. The number of anilines is 1. The third-order valence-electron chi connectivity index (χ3n) is 3.82. The van der Waals surface area contributed by atoms with Gasteiger partial charge in [0.15, 0.2) is 0 Å². The van der Waals surface area contributed by atoms with Crippen LogP contribution in [0.3, 0.4) is 0 Å². The lowest BCUT2D eigenvalue weighted by Gasteiger charge is -2.32. The molecule has 2 rings (SSSR count). The predicted octanol–water partition coefficient (Wildman–Crippen LogP) is 1.34. The van der Waals surface area contributed by atoms with Crippen LogP contribution < -0.4 is 15.4 Å². The number of hydrogen-bond acceptors (Lipinski definition) is 4. The Bertz CT molecular complexity index is 628. The highest BCUT2D eigenvalue weighted by Gasteiger charge is 2.34. The van der Waals surface area contributed by atoms with Gasteiger partial charge in [-0.15, -0.1) is 12.4 Å². The number of carbonyl (C=O) groups excluding carboxylic acids is 1. The Labute approximate surface area is 137 Å². The molecule has 3 N–H and O–H groups in total. The monoisotopic (exact) mass is 347 g/mol. The molecule has 22 heavy (non-hydrogen) atoms. The first-order chi connectivity index (χ1) is 9.87. The van der Waals surface area contributed by atoms with Crippen molar-refractivity contribution in [3.05, 3.63) is 24.3 Å². The SMILES string of the molecule is CNS(=O)(=O)c1cccc(NC(=O)C2(C)CCCNC2)c1.Cl. The fourth-order valence-electron chi connectivity index (χ4n) is 2.39. The van der Waals surface area contributed by atoms with E-state index >= 15 is 0 Å². The summed E-state index contributed by atoms with van der Waals surface area (Å²) >= 11 is 0. The summed E-state index contributed by atoms with van der Waals surface area (Å²) in [7, 11) is -2.15. The third kappa shape index (κ3) is 4.19. The van der Waals surface area contributed by atoms with Crippen molar-refractivity contribution in [2.24, 2.45) is 5.41 Å². The Balaban J connectivity index is 0.00000242. The maximum atomic E-state index is 12.4. The Morgan fingerprint density at radius 2 is 2.09 bits per heavy atom. The highest BCUT2D eigenvalue weighted by molar-refractivity contribution is 7.89. The van der Waals surface area contributed by atoms with Crippen LogP contribution in [0.5, 0.6) is 0 Å². The van der Waals surface area contributed by atoms with Crippen LogP contribution in [0.4, 0.5) is 5.69 Å². The molecule has 1 heterocycles. The lowest BCUT2D eigenvalue weighted by molar-refractivity contribution is -0.125. The zero-order valence-corrected chi connectivity index (χ0v) is 14.3. The number of benzene rings is 1. The number of sulfonamides is 1. The van der Waals surface area contributed by atoms with Crippen LogP contribution in [0.25, 0.3) is 0 Å². The van der Waals surface area contributed by atoms with Gasteiger partial charge >= 0.3 is 0 Å². The normalized spacial score (nSPS) is 21.7. The van der Waals surface area contributed by atoms with Crippen molar-refractivity contribution in [3.8, 4) is 0 Å². The van der Waals surface area contributed by atoms with E-state index in [1.54, 1.807) is 12.1 Å². The smallest absolute Gasteiger partial charge is 0.240 e. The van der Waals surface area contributed by atoms with E-state index in [0.29, 0.717) is 12.2 Å². The summed E-state index contributed by atoms with van der Waals surface area (Å²) in [6.45, 7) is 3.48. The van der Waals surface area contributed by atoms with Crippen molar-refractivity contribution in [2.75, 3.05) is 25.5 Å². The van der Waals surface area contributed by atoms with Crippen LogP contribution >= 0.6 is 12.4 Å². The van der Waals surface area contributed by atoms with Gasteiger partial charge in [-0.1, -0.05) is 6.07 Å². The van der Waals surface area contributed by atoms with Gasteiger partial charge in [-0.2, -0.15) is 0 Å². The van der Waals surface area contributed by atoms with E-state index < -0.39 is 15.4 Å². The minimum Gasteiger partial charge on any atom is -0.326 e. The summed E-state index contributed by atoms with van der Waals surface area (Å²) in [5.74, 6) is -0.0892.